The maximum Gasteiger partial charge on any atom is 0.435 e. The number of ether oxygens (including phenoxy) is 1. The molecule has 3 aromatic heterocycles. The Bertz CT molecular complexity index is 959. The van der Waals surface area contributed by atoms with Gasteiger partial charge in [0.2, 0.25) is 0 Å². The number of hydrogen-bond donors (Lipinski definition) is 1. The van der Waals surface area contributed by atoms with E-state index in [1.807, 2.05) is 4.90 Å². The smallest absolute Gasteiger partial charge is 0.373 e. The monoisotopic (exact) mass is 379 g/mol. The lowest BCUT2D eigenvalue weighted by atomic mass is 10.2. The Hall–Kier alpha value is -2.79. The molecule has 0 bridgehead atoms. The summed E-state index contributed by atoms with van der Waals surface area (Å²) in [6.07, 6.45) is -1.83. The van der Waals surface area contributed by atoms with Crippen molar-refractivity contribution in [1.29, 1.82) is 0 Å². The van der Waals surface area contributed by atoms with Gasteiger partial charge in [-0.05, 0) is 12.1 Å². The maximum absolute atomic E-state index is 13.0. The van der Waals surface area contributed by atoms with Crippen molar-refractivity contribution in [3.8, 4) is 11.4 Å². The minimum atomic E-state index is -4.54. The van der Waals surface area contributed by atoms with Crippen molar-refractivity contribution >= 4 is 11.5 Å². The largest absolute Gasteiger partial charge is 0.435 e. The topological polar surface area (TPSA) is 94.5 Å². The zero-order valence-corrected chi connectivity index (χ0v) is 14.1. The molecule has 8 nitrogen and oxygen atoms in total. The SMILES string of the molecule is NC[C@@H]1CN(c2cc(-c3cnc4ccc(C(F)(F)F)nn34)ncn2)CCO1. The first-order chi connectivity index (χ1) is 13.0. The lowest BCUT2D eigenvalue weighted by Crippen LogP contribution is -2.46. The van der Waals surface area contributed by atoms with Crippen LogP contribution in [0.5, 0.6) is 0 Å². The van der Waals surface area contributed by atoms with E-state index in [2.05, 4.69) is 20.1 Å². The number of fused-ring (bicyclic) bond motifs is 1. The van der Waals surface area contributed by atoms with Gasteiger partial charge < -0.3 is 15.4 Å². The van der Waals surface area contributed by atoms with Crippen LogP contribution in [0.15, 0.2) is 30.7 Å². The highest BCUT2D eigenvalue weighted by molar-refractivity contribution is 5.62. The molecule has 0 aromatic carbocycles. The average Bonchev–Trinajstić information content (AvgIpc) is 3.11. The summed E-state index contributed by atoms with van der Waals surface area (Å²) in [7, 11) is 0. The second kappa shape index (κ2) is 6.74. The normalized spacial score (nSPS) is 18.2. The highest BCUT2D eigenvalue weighted by atomic mass is 19.4. The zero-order chi connectivity index (χ0) is 19.0. The van der Waals surface area contributed by atoms with Gasteiger partial charge in [-0.3, -0.25) is 0 Å². The molecule has 1 atom stereocenters. The lowest BCUT2D eigenvalue weighted by molar-refractivity contribution is -0.141. The number of nitrogens with zero attached hydrogens (tertiary/aromatic N) is 6. The fourth-order valence-electron chi connectivity index (χ4n) is 2.93. The van der Waals surface area contributed by atoms with Gasteiger partial charge in [0.1, 0.15) is 17.8 Å². The molecule has 1 saturated heterocycles. The molecule has 27 heavy (non-hydrogen) atoms. The molecule has 142 valence electrons. The Labute approximate surface area is 151 Å². The quantitative estimate of drug-likeness (QED) is 0.734. The number of nitrogens with two attached hydrogens (primary N) is 1. The van der Waals surface area contributed by atoms with Gasteiger partial charge in [-0.25, -0.2) is 19.5 Å². The molecule has 0 spiro atoms. The first-order valence-corrected chi connectivity index (χ1v) is 8.27. The Morgan fingerprint density at radius 2 is 2.07 bits per heavy atom. The summed E-state index contributed by atoms with van der Waals surface area (Å²) in [6, 6.07) is 3.87. The van der Waals surface area contributed by atoms with E-state index in [0.717, 1.165) is 10.6 Å². The summed E-state index contributed by atoms with van der Waals surface area (Å²) in [5, 5.41) is 3.67. The summed E-state index contributed by atoms with van der Waals surface area (Å²) < 4.78 is 45.6. The molecule has 11 heteroatoms. The number of morpholine rings is 1. The van der Waals surface area contributed by atoms with Gasteiger partial charge >= 0.3 is 6.18 Å². The molecule has 0 aliphatic carbocycles. The van der Waals surface area contributed by atoms with E-state index < -0.39 is 11.9 Å². The number of halogens is 3. The highest BCUT2D eigenvalue weighted by Gasteiger charge is 2.33. The Balaban J connectivity index is 1.71. The van der Waals surface area contributed by atoms with E-state index in [0.29, 0.717) is 49.1 Å². The molecule has 0 radical (unpaired) electrons. The molecule has 1 aliphatic rings. The van der Waals surface area contributed by atoms with E-state index in [1.54, 1.807) is 6.07 Å². The molecule has 1 fully saturated rings. The van der Waals surface area contributed by atoms with Crippen LogP contribution in [0.1, 0.15) is 5.69 Å². The van der Waals surface area contributed by atoms with Gasteiger partial charge in [-0.2, -0.15) is 18.3 Å². The number of anilines is 1. The van der Waals surface area contributed by atoms with Crippen LogP contribution in [0.3, 0.4) is 0 Å². The van der Waals surface area contributed by atoms with Crippen LogP contribution < -0.4 is 10.6 Å². The van der Waals surface area contributed by atoms with Crippen LogP contribution in [0.25, 0.3) is 17.0 Å². The number of hydrogen-bond acceptors (Lipinski definition) is 7. The van der Waals surface area contributed by atoms with Gasteiger partial charge in [0, 0.05) is 25.7 Å². The molecule has 0 unspecified atom stereocenters. The molecular weight excluding hydrogens is 363 g/mol. The number of imidazole rings is 1. The van der Waals surface area contributed by atoms with Crippen molar-refractivity contribution in [2.75, 3.05) is 31.1 Å². The maximum atomic E-state index is 13.0. The Morgan fingerprint density at radius 1 is 1.22 bits per heavy atom. The zero-order valence-electron chi connectivity index (χ0n) is 14.1. The summed E-state index contributed by atoms with van der Waals surface area (Å²) in [6.45, 7) is 2.13. The van der Waals surface area contributed by atoms with Crippen molar-refractivity contribution < 1.29 is 17.9 Å². The van der Waals surface area contributed by atoms with Crippen LogP contribution >= 0.6 is 0 Å². The molecule has 2 N–H and O–H groups in total. The van der Waals surface area contributed by atoms with Gasteiger partial charge in [-0.15, -0.1) is 0 Å². The minimum absolute atomic E-state index is 0.0935. The molecule has 4 rings (SSSR count). The average molecular weight is 379 g/mol. The van der Waals surface area contributed by atoms with Crippen LogP contribution in [0.2, 0.25) is 0 Å². The second-order valence-electron chi connectivity index (χ2n) is 6.07. The van der Waals surface area contributed by atoms with Crippen LogP contribution in [-0.2, 0) is 10.9 Å². The fraction of sp³-hybridized carbons (Fsp3) is 0.375. The third-order valence-electron chi connectivity index (χ3n) is 4.29. The van der Waals surface area contributed by atoms with Crippen LogP contribution in [0.4, 0.5) is 19.0 Å². The van der Waals surface area contributed by atoms with Gasteiger partial charge in [0.05, 0.1) is 24.6 Å². The van der Waals surface area contributed by atoms with E-state index in [9.17, 15) is 13.2 Å². The second-order valence-corrected chi connectivity index (χ2v) is 6.07. The van der Waals surface area contributed by atoms with E-state index in [1.165, 1.54) is 18.6 Å². The number of rotatable bonds is 3. The van der Waals surface area contributed by atoms with Crippen molar-refractivity contribution in [2.24, 2.45) is 5.73 Å². The third-order valence-corrected chi connectivity index (χ3v) is 4.29. The van der Waals surface area contributed by atoms with Gasteiger partial charge in [0.15, 0.2) is 11.3 Å². The fourth-order valence-corrected chi connectivity index (χ4v) is 2.93. The van der Waals surface area contributed by atoms with Crippen molar-refractivity contribution in [2.45, 2.75) is 12.3 Å². The van der Waals surface area contributed by atoms with E-state index in [4.69, 9.17) is 10.5 Å². The third kappa shape index (κ3) is 3.43. The number of aromatic nitrogens is 5. The Morgan fingerprint density at radius 3 is 2.85 bits per heavy atom. The number of alkyl halides is 3. The van der Waals surface area contributed by atoms with Gasteiger partial charge in [0.25, 0.3) is 0 Å². The lowest BCUT2D eigenvalue weighted by Gasteiger charge is -2.33. The molecule has 0 amide bonds. The summed E-state index contributed by atoms with van der Waals surface area (Å²) in [5.41, 5.74) is 5.74. The summed E-state index contributed by atoms with van der Waals surface area (Å²) in [5.74, 6) is 0.642. The van der Waals surface area contributed by atoms with Crippen LogP contribution in [-0.4, -0.2) is 56.9 Å². The molecule has 0 saturated carbocycles. The summed E-state index contributed by atoms with van der Waals surface area (Å²) >= 11 is 0. The predicted octanol–water partition coefficient (Wildman–Crippen LogP) is 1.37. The first kappa shape index (κ1) is 17.6. The molecule has 4 heterocycles. The van der Waals surface area contributed by atoms with Crippen molar-refractivity contribution in [3.63, 3.8) is 0 Å². The van der Waals surface area contributed by atoms with E-state index >= 15 is 0 Å². The standard InChI is InChI=1S/C16H16F3N7O/c17-16(18,19)13-1-2-14-21-7-12(26(14)24-13)11-5-15(23-9-22-11)25-3-4-27-10(6-20)8-25/h1-2,5,7,9-10H,3-4,6,8,20H2/t10-/m1/s1. The Kier molecular flexibility index (Phi) is 4.40. The first-order valence-electron chi connectivity index (χ1n) is 8.27. The van der Waals surface area contributed by atoms with Crippen LogP contribution in [0, 0.1) is 0 Å². The van der Waals surface area contributed by atoms with Gasteiger partial charge in [-0.1, -0.05) is 0 Å². The predicted molar refractivity (Wildman–Crippen MR) is 90.0 cm³/mol. The molecule has 3 aromatic rings. The van der Waals surface area contributed by atoms with Crippen molar-refractivity contribution in [3.05, 3.63) is 36.4 Å². The summed E-state index contributed by atoms with van der Waals surface area (Å²) in [4.78, 5) is 14.6. The van der Waals surface area contributed by atoms with Crippen molar-refractivity contribution in [1.82, 2.24) is 24.6 Å². The minimum Gasteiger partial charge on any atom is -0.373 e. The molecule has 1 aliphatic heterocycles. The van der Waals surface area contributed by atoms with E-state index in [-0.39, 0.29) is 6.10 Å². The highest BCUT2D eigenvalue weighted by Crippen LogP contribution is 2.29. The molecular formula is C16H16F3N7O.